The Hall–Kier alpha value is -3.90. The van der Waals surface area contributed by atoms with Crippen molar-refractivity contribution < 1.29 is 0 Å². The highest BCUT2D eigenvalue weighted by Gasteiger charge is 2.30. The molecule has 0 N–H and O–H groups in total. The van der Waals surface area contributed by atoms with Crippen LogP contribution < -0.4 is 10.4 Å². The van der Waals surface area contributed by atoms with Crippen LogP contribution in [0.1, 0.15) is 99.6 Å². The van der Waals surface area contributed by atoms with Crippen LogP contribution in [0.15, 0.2) is 103 Å². The average Bonchev–Trinajstić information content (AvgIpc) is 3.69. The molecule has 0 heteroatoms. The summed E-state index contributed by atoms with van der Waals surface area (Å²) in [5, 5.41) is 5.67. The fourth-order valence-corrected chi connectivity index (χ4v) is 7.62. The van der Waals surface area contributed by atoms with E-state index in [-0.39, 0.29) is 10.8 Å². The standard InChI is InChI=1S/C42H42/c1-41(2,32-20-10-6-11-21-32)34-25-24-31-26-37-36(35(31)27-34)28-38(42(3,4)33-22-12-7-13-23-33)40(30-16-8-5-9-17-30)39(37)29-18-14-15-19-29/h6-7,10-15,18,20-28H,5,8-9,16-17,19H2,1-4H3. The van der Waals surface area contributed by atoms with Gasteiger partial charge in [-0.25, -0.2) is 0 Å². The molecule has 3 aliphatic carbocycles. The van der Waals surface area contributed by atoms with Crippen molar-refractivity contribution in [2.45, 2.75) is 77.0 Å². The zero-order chi connectivity index (χ0) is 28.9. The Bertz CT molecular complexity index is 1940. The van der Waals surface area contributed by atoms with Crippen LogP contribution in [0.25, 0.3) is 17.2 Å². The molecule has 1 saturated carbocycles. The van der Waals surface area contributed by atoms with E-state index in [4.69, 9.17) is 0 Å². The van der Waals surface area contributed by atoms with E-state index in [0.29, 0.717) is 0 Å². The first-order chi connectivity index (χ1) is 20.4. The summed E-state index contributed by atoms with van der Waals surface area (Å²) in [6, 6.07) is 31.9. The highest BCUT2D eigenvalue weighted by molar-refractivity contribution is 5.82. The van der Waals surface area contributed by atoms with Crippen LogP contribution in [-0.2, 0) is 10.8 Å². The molecular weight excluding hydrogens is 504 g/mol. The van der Waals surface area contributed by atoms with Crippen molar-refractivity contribution in [3.63, 3.8) is 0 Å². The fourth-order valence-electron chi connectivity index (χ4n) is 7.62. The lowest BCUT2D eigenvalue weighted by atomic mass is 9.73. The van der Waals surface area contributed by atoms with Gasteiger partial charge in [0.1, 0.15) is 0 Å². The van der Waals surface area contributed by atoms with Gasteiger partial charge in [0.15, 0.2) is 0 Å². The molecule has 3 aliphatic rings. The number of hydrogen-bond donors (Lipinski definition) is 0. The monoisotopic (exact) mass is 546 g/mol. The Labute approximate surface area is 251 Å². The predicted octanol–water partition coefficient (Wildman–Crippen LogP) is 9.23. The first kappa shape index (κ1) is 27.0. The average molecular weight is 547 g/mol. The normalized spacial score (nSPS) is 16.2. The molecule has 0 saturated heterocycles. The van der Waals surface area contributed by atoms with Crippen molar-refractivity contribution in [2.75, 3.05) is 0 Å². The van der Waals surface area contributed by atoms with Crippen molar-refractivity contribution in [3.8, 4) is 0 Å². The van der Waals surface area contributed by atoms with E-state index in [9.17, 15) is 0 Å². The lowest BCUT2D eigenvalue weighted by Gasteiger charge is -2.30. The summed E-state index contributed by atoms with van der Waals surface area (Å²) in [6.07, 6.45) is 16.9. The minimum atomic E-state index is -0.124. The highest BCUT2D eigenvalue weighted by atomic mass is 14.3. The first-order valence-electron chi connectivity index (χ1n) is 15.9. The van der Waals surface area contributed by atoms with Crippen LogP contribution in [0.2, 0.25) is 0 Å². The van der Waals surface area contributed by atoms with E-state index in [2.05, 4.69) is 137 Å². The molecule has 0 aromatic heterocycles. The minimum Gasteiger partial charge on any atom is -0.0801 e. The van der Waals surface area contributed by atoms with Crippen molar-refractivity contribution >= 4 is 17.2 Å². The fraction of sp³-hybridized carbons (Fsp3) is 0.286. The zero-order valence-electron chi connectivity index (χ0n) is 25.6. The van der Waals surface area contributed by atoms with Gasteiger partial charge in [-0.05, 0) is 110 Å². The molecule has 7 rings (SSSR count). The summed E-state index contributed by atoms with van der Waals surface area (Å²) < 4.78 is 0. The number of fused-ring (bicyclic) bond motifs is 2. The molecule has 0 aliphatic heterocycles. The lowest BCUT2D eigenvalue weighted by Crippen LogP contribution is -2.32. The summed E-state index contributed by atoms with van der Waals surface area (Å²) in [5.41, 5.74) is 11.4. The maximum absolute atomic E-state index is 2.59. The number of hydrogen-bond acceptors (Lipinski definition) is 0. The zero-order valence-corrected chi connectivity index (χ0v) is 25.6. The second-order valence-corrected chi connectivity index (χ2v) is 13.6. The molecule has 0 radical (unpaired) electrons. The number of allylic oxidation sites excluding steroid dienone is 4. The van der Waals surface area contributed by atoms with Gasteiger partial charge in [-0.1, -0.05) is 131 Å². The van der Waals surface area contributed by atoms with E-state index in [1.165, 1.54) is 86.7 Å². The summed E-state index contributed by atoms with van der Waals surface area (Å²) in [7, 11) is 0. The predicted molar refractivity (Wildman–Crippen MR) is 179 cm³/mol. The third-order valence-corrected chi connectivity index (χ3v) is 10.3. The molecule has 0 nitrogen and oxygen atoms in total. The number of benzene rings is 4. The molecule has 42 heavy (non-hydrogen) atoms. The van der Waals surface area contributed by atoms with Gasteiger partial charge >= 0.3 is 0 Å². The molecular formula is C42H42. The molecule has 4 aromatic rings. The Balaban J connectivity index is 1.60. The third kappa shape index (κ3) is 4.44. The first-order valence-corrected chi connectivity index (χ1v) is 15.9. The van der Waals surface area contributed by atoms with Gasteiger partial charge < -0.3 is 0 Å². The molecule has 0 atom stereocenters. The molecule has 0 bridgehead atoms. The molecule has 0 unspecified atom stereocenters. The van der Waals surface area contributed by atoms with Crippen LogP contribution in [0.3, 0.4) is 0 Å². The van der Waals surface area contributed by atoms with Crippen molar-refractivity contribution in [1.29, 1.82) is 0 Å². The van der Waals surface area contributed by atoms with Crippen molar-refractivity contribution in [2.24, 2.45) is 0 Å². The van der Waals surface area contributed by atoms with Gasteiger partial charge in [-0.15, -0.1) is 0 Å². The van der Waals surface area contributed by atoms with E-state index < -0.39 is 0 Å². The van der Waals surface area contributed by atoms with E-state index in [1.807, 2.05) is 0 Å². The van der Waals surface area contributed by atoms with E-state index >= 15 is 0 Å². The lowest BCUT2D eigenvalue weighted by molar-refractivity contribution is 0.622. The second kappa shape index (κ2) is 10.4. The quantitative estimate of drug-likeness (QED) is 0.206. The van der Waals surface area contributed by atoms with Gasteiger partial charge in [0, 0.05) is 10.8 Å². The molecule has 210 valence electrons. The van der Waals surface area contributed by atoms with Crippen molar-refractivity contribution in [1.82, 2.24) is 0 Å². The van der Waals surface area contributed by atoms with Crippen molar-refractivity contribution in [3.05, 3.63) is 157 Å². The second-order valence-electron chi connectivity index (χ2n) is 13.6. The minimum absolute atomic E-state index is 0.0796. The topological polar surface area (TPSA) is 0 Å². The van der Waals surface area contributed by atoms with Crippen LogP contribution >= 0.6 is 0 Å². The summed E-state index contributed by atoms with van der Waals surface area (Å²) >= 11 is 0. The van der Waals surface area contributed by atoms with Gasteiger partial charge in [-0.3, -0.25) is 0 Å². The maximum atomic E-state index is 2.59. The Kier molecular flexibility index (Phi) is 6.69. The molecule has 1 fully saturated rings. The van der Waals surface area contributed by atoms with Crippen LogP contribution in [-0.4, -0.2) is 0 Å². The van der Waals surface area contributed by atoms with Gasteiger partial charge in [0.05, 0.1) is 0 Å². The summed E-state index contributed by atoms with van der Waals surface area (Å²) in [6.45, 7) is 9.60. The highest BCUT2D eigenvalue weighted by Crippen LogP contribution is 2.37. The van der Waals surface area contributed by atoms with Crippen LogP contribution in [0.4, 0.5) is 0 Å². The van der Waals surface area contributed by atoms with Gasteiger partial charge in [-0.2, -0.15) is 0 Å². The maximum Gasteiger partial charge on any atom is 0.0152 e. The van der Waals surface area contributed by atoms with E-state index in [0.717, 1.165) is 6.42 Å². The van der Waals surface area contributed by atoms with Gasteiger partial charge in [0.25, 0.3) is 0 Å². The number of rotatable bonds is 5. The smallest absolute Gasteiger partial charge is 0.0152 e. The molecule has 4 aromatic carbocycles. The van der Waals surface area contributed by atoms with E-state index in [1.54, 1.807) is 10.8 Å². The SMILES string of the molecule is CC(C)(c1ccccc1)c1ccc2c(c1)=c1cc(C(C)(C)c3ccccc3)c(=C3CCCCC3)c(C3=CC=CC3)c1C=2. The molecule has 0 amide bonds. The van der Waals surface area contributed by atoms with Gasteiger partial charge in [0.2, 0.25) is 0 Å². The third-order valence-electron chi connectivity index (χ3n) is 10.3. The van der Waals surface area contributed by atoms with Crippen LogP contribution in [0.5, 0.6) is 0 Å². The largest absolute Gasteiger partial charge is 0.0801 e. The molecule has 0 heterocycles. The Morgan fingerprint density at radius 1 is 0.619 bits per heavy atom. The Morgan fingerprint density at radius 3 is 1.93 bits per heavy atom. The van der Waals surface area contributed by atoms with Crippen LogP contribution in [0, 0.1) is 10.4 Å². The summed E-state index contributed by atoms with van der Waals surface area (Å²) in [5.74, 6) is 0. The Morgan fingerprint density at radius 2 is 1.29 bits per heavy atom. The summed E-state index contributed by atoms with van der Waals surface area (Å²) in [4.78, 5) is 0. The molecule has 0 spiro atoms.